The van der Waals surface area contributed by atoms with Gasteiger partial charge in [0.25, 0.3) is 0 Å². The normalized spacial score (nSPS) is 11.8. The summed E-state index contributed by atoms with van der Waals surface area (Å²) >= 11 is 0. The van der Waals surface area contributed by atoms with Crippen LogP contribution in [0.2, 0.25) is 0 Å². The molecule has 0 bridgehead atoms. The molecule has 0 radical (unpaired) electrons. The maximum atomic E-state index is 2.43. The van der Waals surface area contributed by atoms with Crippen molar-refractivity contribution in [3.05, 3.63) is 261 Å². The van der Waals surface area contributed by atoms with Crippen LogP contribution in [0.5, 0.6) is 0 Å². The van der Waals surface area contributed by atoms with Crippen molar-refractivity contribution in [3.63, 3.8) is 0 Å². The summed E-state index contributed by atoms with van der Waals surface area (Å²) in [5, 5.41) is 15.2. The molecule has 0 N–H and O–H groups in total. The van der Waals surface area contributed by atoms with E-state index in [9.17, 15) is 0 Å². The predicted molar refractivity (Wildman–Crippen MR) is 295 cm³/mol. The summed E-state index contributed by atoms with van der Waals surface area (Å²) in [5.74, 6) is 0. The minimum Gasteiger partial charge on any atom is -0.309 e. The third-order valence-electron chi connectivity index (χ3n) is 14.6. The molecule has 0 saturated heterocycles. The maximum absolute atomic E-state index is 2.43. The van der Waals surface area contributed by atoms with Gasteiger partial charge < -0.3 is 4.57 Å². The molecule has 14 aromatic rings. The minimum atomic E-state index is 1.14. The van der Waals surface area contributed by atoms with E-state index in [4.69, 9.17) is 0 Å². The lowest BCUT2D eigenvalue weighted by molar-refractivity contribution is 1.18. The molecule has 13 aromatic carbocycles. The molecule has 1 heterocycles. The number of rotatable bonds is 6. The Bertz CT molecular complexity index is 4110. The number of hydrogen-bond donors (Lipinski definition) is 0. The maximum Gasteiger partial charge on any atom is 0.0541 e. The van der Waals surface area contributed by atoms with Crippen LogP contribution in [0.1, 0.15) is 0 Å². The SMILES string of the molecule is c1ccc2cc(-c3ccc(-n4c5ccc(-c6ccc(-c7ccc8c(ccc9ccccc98)c7)cc6)cc5c5cc(-c6ccc(-c7ccc8c(ccc9ccccc98)c7)cc6)ccc54)cc3)ccc2c1. The quantitative estimate of drug-likeness (QED) is 0.147. The van der Waals surface area contributed by atoms with Crippen LogP contribution in [-0.2, 0) is 0 Å². The van der Waals surface area contributed by atoms with Gasteiger partial charge in [-0.15, -0.1) is 0 Å². The molecule has 1 nitrogen and oxygen atoms in total. The molecule has 0 amide bonds. The molecular formula is C68H43N. The second-order valence-corrected chi connectivity index (χ2v) is 18.5. The fraction of sp³-hybridized carbons (Fsp3) is 0. The molecular weight excluding hydrogens is 831 g/mol. The van der Waals surface area contributed by atoms with E-state index in [0.29, 0.717) is 0 Å². The van der Waals surface area contributed by atoms with Crippen LogP contribution >= 0.6 is 0 Å². The van der Waals surface area contributed by atoms with Gasteiger partial charge in [-0.25, -0.2) is 0 Å². The van der Waals surface area contributed by atoms with E-state index >= 15 is 0 Å². The van der Waals surface area contributed by atoms with Gasteiger partial charge in [-0.3, -0.25) is 0 Å². The summed E-state index contributed by atoms with van der Waals surface area (Å²) in [6.07, 6.45) is 0. The number of nitrogens with zero attached hydrogens (tertiary/aromatic N) is 1. The van der Waals surface area contributed by atoms with Gasteiger partial charge >= 0.3 is 0 Å². The highest BCUT2D eigenvalue weighted by molar-refractivity contribution is 6.12. The minimum absolute atomic E-state index is 1.14. The van der Waals surface area contributed by atoms with Gasteiger partial charge in [0.15, 0.2) is 0 Å². The Morgan fingerprint density at radius 1 is 0.174 bits per heavy atom. The van der Waals surface area contributed by atoms with Crippen molar-refractivity contribution in [2.24, 2.45) is 0 Å². The van der Waals surface area contributed by atoms with Crippen molar-refractivity contribution in [1.29, 1.82) is 0 Å². The van der Waals surface area contributed by atoms with E-state index < -0.39 is 0 Å². The van der Waals surface area contributed by atoms with Crippen molar-refractivity contribution in [3.8, 4) is 61.3 Å². The highest BCUT2D eigenvalue weighted by Gasteiger charge is 2.16. The monoisotopic (exact) mass is 873 g/mol. The number of hydrogen-bond acceptors (Lipinski definition) is 0. The Morgan fingerprint density at radius 2 is 0.478 bits per heavy atom. The van der Waals surface area contributed by atoms with E-state index in [-0.39, 0.29) is 0 Å². The first-order valence-electron chi connectivity index (χ1n) is 23.9. The molecule has 0 atom stereocenters. The Morgan fingerprint density at radius 3 is 0.957 bits per heavy atom. The molecule has 0 aliphatic heterocycles. The lowest BCUT2D eigenvalue weighted by Crippen LogP contribution is -1.94. The van der Waals surface area contributed by atoms with Gasteiger partial charge in [0.1, 0.15) is 0 Å². The highest BCUT2D eigenvalue weighted by Crippen LogP contribution is 2.40. The van der Waals surface area contributed by atoms with Gasteiger partial charge in [0, 0.05) is 16.5 Å². The van der Waals surface area contributed by atoms with Crippen LogP contribution in [0.4, 0.5) is 0 Å². The number of aromatic nitrogens is 1. The van der Waals surface area contributed by atoms with Crippen LogP contribution in [0.3, 0.4) is 0 Å². The summed E-state index contributed by atoms with van der Waals surface area (Å²) < 4.78 is 2.43. The molecule has 0 aliphatic rings. The lowest BCUT2D eigenvalue weighted by atomic mass is 9.95. The first-order valence-corrected chi connectivity index (χ1v) is 23.9. The third-order valence-corrected chi connectivity index (χ3v) is 14.6. The standard InChI is InChI=1S/C68H43N/c1-2-10-52-39-53(24-21-44(52)7-1)49-27-33-60(34-28-49)69-67-37-31-56(47-17-13-45(14-18-47)54-29-35-63-58(40-54)25-22-50-8-3-5-11-61(50)63)42-65(67)66-43-57(32-38-68(66)69)48-19-15-46(16-20-48)55-30-36-64-59(41-55)26-23-51-9-4-6-12-62(51)64/h1-43H. The topological polar surface area (TPSA) is 4.93 Å². The third kappa shape index (κ3) is 6.70. The fourth-order valence-electron chi connectivity index (χ4n) is 10.9. The van der Waals surface area contributed by atoms with Crippen LogP contribution in [0.15, 0.2) is 261 Å². The molecule has 1 aromatic heterocycles. The number of benzene rings is 13. The first-order chi connectivity index (χ1) is 34.1. The zero-order chi connectivity index (χ0) is 45.4. The summed E-state index contributed by atoms with van der Waals surface area (Å²) in [6.45, 7) is 0. The van der Waals surface area contributed by atoms with Crippen molar-refractivity contribution in [1.82, 2.24) is 4.57 Å². The van der Waals surface area contributed by atoms with Crippen molar-refractivity contribution in [2.45, 2.75) is 0 Å². The average Bonchev–Trinajstić information content (AvgIpc) is 3.75. The van der Waals surface area contributed by atoms with E-state index in [0.717, 1.165) is 5.69 Å². The van der Waals surface area contributed by atoms with Crippen LogP contribution in [-0.4, -0.2) is 4.57 Å². The molecule has 14 rings (SSSR count). The van der Waals surface area contributed by atoms with Crippen LogP contribution in [0, 0.1) is 0 Å². The van der Waals surface area contributed by atoms with E-state index in [1.165, 1.54) is 131 Å². The van der Waals surface area contributed by atoms with Gasteiger partial charge in [-0.05, 0) is 164 Å². The molecule has 0 saturated carbocycles. The van der Waals surface area contributed by atoms with Crippen LogP contribution < -0.4 is 0 Å². The smallest absolute Gasteiger partial charge is 0.0541 e. The van der Waals surface area contributed by atoms with Gasteiger partial charge in [0.2, 0.25) is 0 Å². The Labute approximate surface area is 400 Å². The van der Waals surface area contributed by atoms with Gasteiger partial charge in [0.05, 0.1) is 11.0 Å². The average molecular weight is 874 g/mol. The van der Waals surface area contributed by atoms with E-state index in [1.54, 1.807) is 0 Å². The molecule has 0 unspecified atom stereocenters. The molecule has 320 valence electrons. The Balaban J connectivity index is 0.842. The molecule has 1 heteroatoms. The highest BCUT2D eigenvalue weighted by atomic mass is 15.0. The largest absolute Gasteiger partial charge is 0.309 e. The van der Waals surface area contributed by atoms with Crippen molar-refractivity contribution < 1.29 is 0 Å². The molecule has 0 fully saturated rings. The van der Waals surface area contributed by atoms with Gasteiger partial charge in [-0.1, -0.05) is 206 Å². The second-order valence-electron chi connectivity index (χ2n) is 18.5. The summed E-state index contributed by atoms with van der Waals surface area (Å²) in [7, 11) is 0. The molecule has 0 aliphatic carbocycles. The molecule has 69 heavy (non-hydrogen) atoms. The summed E-state index contributed by atoms with van der Waals surface area (Å²) in [5.41, 5.74) is 15.6. The second kappa shape index (κ2) is 15.8. The van der Waals surface area contributed by atoms with Crippen molar-refractivity contribution >= 4 is 75.7 Å². The Hall–Kier alpha value is -9.04. The zero-order valence-corrected chi connectivity index (χ0v) is 37.8. The lowest BCUT2D eigenvalue weighted by Gasteiger charge is -2.11. The number of fused-ring (bicyclic) bond motifs is 10. The van der Waals surface area contributed by atoms with Gasteiger partial charge in [-0.2, -0.15) is 0 Å². The summed E-state index contributed by atoms with van der Waals surface area (Å²) in [6, 6.07) is 96.4. The first kappa shape index (κ1) is 39.2. The van der Waals surface area contributed by atoms with E-state index in [1.807, 2.05) is 0 Å². The Kier molecular flexibility index (Phi) is 8.97. The van der Waals surface area contributed by atoms with E-state index in [2.05, 4.69) is 265 Å². The zero-order valence-electron chi connectivity index (χ0n) is 37.8. The summed E-state index contributed by atoms with van der Waals surface area (Å²) in [4.78, 5) is 0. The molecule has 0 spiro atoms. The predicted octanol–water partition coefficient (Wildman–Crippen LogP) is 18.9. The fourth-order valence-corrected chi connectivity index (χ4v) is 10.9. The van der Waals surface area contributed by atoms with Crippen LogP contribution in [0.25, 0.3) is 137 Å². The van der Waals surface area contributed by atoms with Crippen molar-refractivity contribution in [2.75, 3.05) is 0 Å².